The molecule has 0 bridgehead atoms. The highest BCUT2D eigenvalue weighted by Crippen LogP contribution is 2.50. The number of carbonyl (C=O) groups is 1. The van der Waals surface area contributed by atoms with Gasteiger partial charge in [-0.1, -0.05) is 33.1 Å². The Kier molecular flexibility index (Phi) is 7.97. The molecule has 0 aromatic carbocycles. The molecule has 1 spiro atoms. The first-order chi connectivity index (χ1) is 12.8. The number of ether oxygens (including phenoxy) is 1. The lowest BCUT2D eigenvalue weighted by molar-refractivity contribution is -0.138. The van der Waals surface area contributed by atoms with Crippen LogP contribution in [0.4, 0.5) is 0 Å². The highest BCUT2D eigenvalue weighted by atomic mass is 16.5. The van der Waals surface area contributed by atoms with E-state index in [0.29, 0.717) is 17.0 Å². The first-order valence-electron chi connectivity index (χ1n) is 9.89. The van der Waals surface area contributed by atoms with Crippen molar-refractivity contribution < 1.29 is 14.6 Å². The van der Waals surface area contributed by atoms with Crippen LogP contribution in [0.1, 0.15) is 69.2 Å². The smallest absolute Gasteiger partial charge is 0.316 e. The predicted octanol–water partition coefficient (Wildman–Crippen LogP) is 3.10. The maximum atomic E-state index is 10.6. The Morgan fingerprint density at radius 3 is 2.23 bits per heavy atom. The van der Waals surface area contributed by atoms with Crippen LogP contribution in [0.25, 0.3) is 0 Å². The molecule has 1 aromatic heterocycles. The summed E-state index contributed by atoms with van der Waals surface area (Å²) >= 11 is 0. The van der Waals surface area contributed by atoms with Crippen LogP contribution in [0.5, 0.6) is 6.01 Å². The van der Waals surface area contributed by atoms with E-state index in [4.69, 9.17) is 9.84 Å². The van der Waals surface area contributed by atoms with Crippen molar-refractivity contribution in [2.24, 2.45) is 5.41 Å². The average molecular weight is 364 g/mol. The Balaban J connectivity index is 0.000000570. The number of aldehydes is 1. The molecule has 0 atom stereocenters. The summed E-state index contributed by atoms with van der Waals surface area (Å²) in [6.07, 6.45) is 13.3. The zero-order chi connectivity index (χ0) is 19.0. The number of aliphatic hydroxyl groups excluding tert-OH is 1. The Bertz CT molecular complexity index is 530. The van der Waals surface area contributed by atoms with Crippen LogP contribution >= 0.6 is 0 Å². The van der Waals surface area contributed by atoms with Crippen LogP contribution < -0.4 is 4.74 Å². The molecule has 2 heterocycles. The number of carbonyl (C=O) groups excluding carboxylic acids is 1. The second kappa shape index (κ2) is 9.97. The van der Waals surface area contributed by atoms with Crippen LogP contribution in [0, 0.1) is 5.41 Å². The molecule has 0 unspecified atom stereocenters. The average Bonchev–Trinajstić information content (AvgIpc) is 2.67. The molecule has 1 aliphatic heterocycles. The van der Waals surface area contributed by atoms with Gasteiger partial charge in [0, 0.05) is 44.0 Å². The van der Waals surface area contributed by atoms with Crippen molar-refractivity contribution in [1.82, 2.24) is 14.9 Å². The number of likely N-dealkylation sites (tertiary alicyclic amines) is 1. The van der Waals surface area contributed by atoms with E-state index in [0.717, 1.165) is 32.3 Å². The first-order valence-corrected chi connectivity index (χ1v) is 9.89. The molecule has 2 aliphatic carbocycles. The molecule has 1 saturated heterocycles. The van der Waals surface area contributed by atoms with Gasteiger partial charge in [-0.05, 0) is 25.7 Å². The quantitative estimate of drug-likeness (QED) is 0.829. The number of aliphatic hydroxyl groups is 1. The van der Waals surface area contributed by atoms with Gasteiger partial charge in [-0.2, -0.15) is 0 Å². The van der Waals surface area contributed by atoms with Gasteiger partial charge in [-0.25, -0.2) is 9.97 Å². The Hall–Kier alpha value is -1.53. The third kappa shape index (κ3) is 4.80. The number of hydrogen-bond donors (Lipinski definition) is 1. The standard InChI is InChI=1S/C17H23N3O2.C2H6.CH4O/c21-10-13-8-18-16(19-9-13)22-15-6-17(7-15)11-20(12-17)14-4-2-1-3-5-14;2*1-2/h8-10,14-15H,1-7,11-12H2;1-2H3;2H,1H3. The van der Waals surface area contributed by atoms with E-state index in [1.807, 2.05) is 13.8 Å². The number of hydrogen-bond acceptors (Lipinski definition) is 6. The molecular formula is C20H33N3O3. The summed E-state index contributed by atoms with van der Waals surface area (Å²) < 4.78 is 5.81. The fraction of sp³-hybridized carbons (Fsp3) is 0.750. The van der Waals surface area contributed by atoms with Crippen LogP contribution in [-0.4, -0.2) is 58.6 Å². The molecule has 146 valence electrons. The Labute approximate surface area is 157 Å². The molecule has 0 radical (unpaired) electrons. The van der Waals surface area contributed by atoms with Crippen molar-refractivity contribution in [3.8, 4) is 6.01 Å². The monoisotopic (exact) mass is 363 g/mol. The fourth-order valence-corrected chi connectivity index (χ4v) is 4.36. The molecule has 6 nitrogen and oxygen atoms in total. The molecule has 3 aliphatic rings. The molecule has 26 heavy (non-hydrogen) atoms. The van der Waals surface area contributed by atoms with Crippen LogP contribution in [0.3, 0.4) is 0 Å². The normalized spacial score (nSPS) is 22.0. The molecule has 6 heteroatoms. The van der Waals surface area contributed by atoms with E-state index < -0.39 is 0 Å². The van der Waals surface area contributed by atoms with Crippen molar-refractivity contribution in [3.63, 3.8) is 0 Å². The van der Waals surface area contributed by atoms with Crippen LogP contribution in [0.2, 0.25) is 0 Å². The Morgan fingerprint density at radius 2 is 1.69 bits per heavy atom. The van der Waals surface area contributed by atoms with Crippen LogP contribution in [0.15, 0.2) is 12.4 Å². The van der Waals surface area contributed by atoms with E-state index in [-0.39, 0.29) is 6.10 Å². The molecular weight excluding hydrogens is 330 g/mol. The van der Waals surface area contributed by atoms with Gasteiger partial charge in [0.05, 0.1) is 5.56 Å². The minimum atomic E-state index is 0.246. The predicted molar refractivity (Wildman–Crippen MR) is 101 cm³/mol. The third-order valence-electron chi connectivity index (χ3n) is 5.55. The van der Waals surface area contributed by atoms with Crippen molar-refractivity contribution in [2.75, 3.05) is 20.2 Å². The minimum Gasteiger partial charge on any atom is -0.460 e. The summed E-state index contributed by atoms with van der Waals surface area (Å²) in [5.41, 5.74) is 0.991. The summed E-state index contributed by atoms with van der Waals surface area (Å²) in [5, 5.41) is 7.00. The molecule has 1 aromatic rings. The molecule has 0 amide bonds. The lowest BCUT2D eigenvalue weighted by Gasteiger charge is -2.60. The topological polar surface area (TPSA) is 75.6 Å². The lowest BCUT2D eigenvalue weighted by Crippen LogP contribution is -2.66. The summed E-state index contributed by atoms with van der Waals surface area (Å²) in [5.74, 6) is 0. The van der Waals surface area contributed by atoms with E-state index in [9.17, 15) is 4.79 Å². The zero-order valence-corrected chi connectivity index (χ0v) is 16.4. The van der Waals surface area contributed by atoms with Crippen molar-refractivity contribution in [1.29, 1.82) is 0 Å². The second-order valence-corrected chi connectivity index (χ2v) is 7.26. The molecule has 2 saturated carbocycles. The molecule has 3 fully saturated rings. The molecule has 1 N–H and O–H groups in total. The number of rotatable bonds is 4. The van der Waals surface area contributed by atoms with Gasteiger partial charge in [-0.3, -0.25) is 9.69 Å². The van der Waals surface area contributed by atoms with Gasteiger partial charge >= 0.3 is 6.01 Å². The van der Waals surface area contributed by atoms with E-state index >= 15 is 0 Å². The van der Waals surface area contributed by atoms with E-state index in [1.54, 1.807) is 0 Å². The lowest BCUT2D eigenvalue weighted by atomic mass is 9.61. The van der Waals surface area contributed by atoms with E-state index in [1.165, 1.54) is 57.6 Å². The number of aromatic nitrogens is 2. The summed E-state index contributed by atoms with van der Waals surface area (Å²) in [4.78, 5) is 21.4. The first kappa shape index (κ1) is 20.8. The van der Waals surface area contributed by atoms with Crippen molar-refractivity contribution in [3.05, 3.63) is 18.0 Å². The van der Waals surface area contributed by atoms with Gasteiger partial charge in [-0.15, -0.1) is 0 Å². The van der Waals surface area contributed by atoms with Gasteiger partial charge in [0.25, 0.3) is 0 Å². The largest absolute Gasteiger partial charge is 0.460 e. The SMILES string of the molecule is CC.CO.O=Cc1cnc(OC2CC3(C2)CN(C2CCCCC2)C3)nc1. The van der Waals surface area contributed by atoms with E-state index in [2.05, 4.69) is 14.9 Å². The van der Waals surface area contributed by atoms with Gasteiger partial charge in [0.1, 0.15) is 6.10 Å². The van der Waals surface area contributed by atoms with Gasteiger partial charge in [0.15, 0.2) is 6.29 Å². The summed E-state index contributed by atoms with van der Waals surface area (Å²) in [6, 6.07) is 1.24. The third-order valence-corrected chi connectivity index (χ3v) is 5.55. The summed E-state index contributed by atoms with van der Waals surface area (Å²) in [6.45, 7) is 6.50. The van der Waals surface area contributed by atoms with Crippen molar-refractivity contribution in [2.45, 2.75) is 70.9 Å². The summed E-state index contributed by atoms with van der Waals surface area (Å²) in [7, 11) is 1.00. The fourth-order valence-electron chi connectivity index (χ4n) is 4.36. The van der Waals surface area contributed by atoms with Crippen LogP contribution in [-0.2, 0) is 0 Å². The highest BCUT2D eigenvalue weighted by Gasteiger charge is 2.54. The minimum absolute atomic E-state index is 0.246. The highest BCUT2D eigenvalue weighted by molar-refractivity contribution is 5.73. The second-order valence-electron chi connectivity index (χ2n) is 7.26. The Morgan fingerprint density at radius 1 is 1.12 bits per heavy atom. The maximum Gasteiger partial charge on any atom is 0.316 e. The molecule has 4 rings (SSSR count). The zero-order valence-electron chi connectivity index (χ0n) is 16.4. The van der Waals surface area contributed by atoms with Gasteiger partial charge in [0.2, 0.25) is 0 Å². The van der Waals surface area contributed by atoms with Gasteiger partial charge < -0.3 is 9.84 Å². The maximum absolute atomic E-state index is 10.6. The van der Waals surface area contributed by atoms with Crippen molar-refractivity contribution >= 4 is 6.29 Å². The number of nitrogens with zero attached hydrogens (tertiary/aromatic N) is 3.